The van der Waals surface area contributed by atoms with Gasteiger partial charge in [-0.3, -0.25) is 4.79 Å². The third-order valence-corrected chi connectivity index (χ3v) is 37.5. The van der Waals surface area contributed by atoms with Gasteiger partial charge in [0.2, 0.25) is 5.91 Å². The topological polar surface area (TPSA) is 20.3 Å². The molecule has 2 heteroatoms. The molecule has 5 atom stereocenters. The van der Waals surface area contributed by atoms with Crippen LogP contribution in [-0.2, 0) is 4.79 Å². The van der Waals surface area contributed by atoms with E-state index in [-0.39, 0.29) is 18.4 Å². The van der Waals surface area contributed by atoms with E-state index in [0.29, 0.717) is 23.2 Å². The molecule has 0 N–H and O–H groups in total. The van der Waals surface area contributed by atoms with Crippen LogP contribution in [0.4, 0.5) is 0 Å². The highest BCUT2D eigenvalue weighted by Crippen LogP contribution is 2.79. The molecule has 5 unspecified atom stereocenters. The van der Waals surface area contributed by atoms with Crippen LogP contribution >= 0.6 is 0 Å². The molecule has 16 aliphatic carbocycles. The molecular weight excluding hydrogens is 1330 g/mol. The molecule has 0 radical (unpaired) electrons. The molecule has 1 amide bonds. The first-order valence-corrected chi connectivity index (χ1v) is 50.0. The Bertz CT molecular complexity index is 2320. The Labute approximate surface area is 700 Å². The zero-order valence-corrected chi connectivity index (χ0v) is 84.4. The summed E-state index contributed by atoms with van der Waals surface area (Å²) >= 11 is 0. The Morgan fingerprint density at radius 2 is 0.491 bits per heavy atom. The van der Waals surface area contributed by atoms with E-state index in [1.807, 2.05) is 104 Å². The SMILES string of the molecule is C.CC.CC.CC.CC.CC.CC.CC.CC(C)C12CC(C(C)C)(C1)C2.CC(C)C12CCC(C(C)C)(C1)C2.CC(C)C12CCC(C(C)C)(CC1)C2.CC(C)C12CCC(C(C)C)(CC1)CC2.CC(C)C12CCC(C(C)C)(CC1)N(C)C2=O.CC(C)C12CCC(C1)C(C(C)(C)C)CC2.CC(C)C12CCCC(C(C)C)(CC1)C2. The number of hydrogen-bond acceptors (Lipinski definition) is 1. The summed E-state index contributed by atoms with van der Waals surface area (Å²) in [5.41, 5.74) is 9.07. The maximum Gasteiger partial charge on any atom is 0.229 e. The Morgan fingerprint density at radius 1 is 0.264 bits per heavy atom. The second-order valence-electron chi connectivity index (χ2n) is 44.7. The van der Waals surface area contributed by atoms with Crippen molar-refractivity contribution in [2.24, 2.45) is 159 Å². The van der Waals surface area contributed by atoms with E-state index in [2.05, 4.69) is 206 Å². The molecule has 18 aliphatic rings. The van der Waals surface area contributed by atoms with Crippen LogP contribution in [0.2, 0.25) is 0 Å². The van der Waals surface area contributed by atoms with Crippen LogP contribution in [-0.4, -0.2) is 23.4 Å². The number of carbonyl (C=O) groups excluding carboxylic acids is 1. The molecule has 110 heavy (non-hydrogen) atoms. The van der Waals surface area contributed by atoms with Crippen LogP contribution in [0, 0.1) is 159 Å². The van der Waals surface area contributed by atoms with Crippen molar-refractivity contribution in [3.63, 3.8) is 0 Å². The van der Waals surface area contributed by atoms with Gasteiger partial charge in [0, 0.05) is 12.6 Å². The number of carbonyl (C=O) groups is 1. The zero-order valence-electron chi connectivity index (χ0n) is 84.4. The fraction of sp³-hybridized carbons (Fsp3) is 0.991. The summed E-state index contributed by atoms with van der Waals surface area (Å²) in [5, 5.41) is 0. The summed E-state index contributed by atoms with van der Waals surface area (Å²) in [4.78, 5) is 14.7. The standard InChI is InChI=1S/C15H28.C14H25NO.2C14H26.C13H24.C12H22.C11H20.7C2H6.CH4/c1-11(2)15-8-6-12(10-15)13(7-9-15)14(3,4)5;1-10(2)13-6-8-14(9-7-13,11(3)4)15(5)12(13)16;1-11(2)13-5-8-14(9-6-13,10-7-13)12(3)4;1-11(2)13-6-5-7-14(10-13,9-8-13)12(3)4;1-10(2)12-5-7-13(9-12,8-6-12)11(3)4;1-9(2)11-5-6-12(7-11,8-11)10(3)4;1-8(2)10-5-11(6-10,7-10)9(3)4;7*1-2;/h11-13H,6-10H2,1-5H3;10-11H,6-9H2,1-5H3;2*11-12H,5-10H2,1-4H3;10-11H,5-9H2,1-4H3;9-10H,5-8H2,1-4H3;8-9H,5-7H2,1-4H3;7*1-2H3;1H4. The molecule has 0 aromatic carbocycles. The van der Waals surface area contributed by atoms with Crippen molar-refractivity contribution >= 4 is 5.91 Å². The normalized spacial score (nSPS) is 37.4. The van der Waals surface area contributed by atoms with Crippen LogP contribution in [0.15, 0.2) is 0 Å². The Morgan fingerprint density at radius 3 is 0.718 bits per heavy atom. The molecule has 0 aromatic rings. The van der Waals surface area contributed by atoms with Crippen molar-refractivity contribution in [3.8, 4) is 0 Å². The predicted octanol–water partition coefficient (Wildman–Crippen LogP) is 36.6. The first-order valence-electron chi connectivity index (χ1n) is 50.0. The maximum absolute atomic E-state index is 12.6. The van der Waals surface area contributed by atoms with Gasteiger partial charge < -0.3 is 4.90 Å². The summed E-state index contributed by atoms with van der Waals surface area (Å²) in [6.07, 6.45) is 48.7. The molecule has 2 heterocycles. The van der Waals surface area contributed by atoms with E-state index in [9.17, 15) is 4.79 Å². The number of fused-ring (bicyclic) bond motifs is 13. The third kappa shape index (κ3) is 22.4. The summed E-state index contributed by atoms with van der Waals surface area (Å²) in [6.45, 7) is 97.6. The van der Waals surface area contributed by atoms with Gasteiger partial charge >= 0.3 is 0 Å². The van der Waals surface area contributed by atoms with Gasteiger partial charge in [-0.25, -0.2) is 0 Å². The average Bonchev–Trinajstić information content (AvgIpc) is 1.12. The van der Waals surface area contributed by atoms with Crippen LogP contribution in [0.1, 0.15) is 517 Å². The average molecular weight is 1550 g/mol. The highest BCUT2D eigenvalue weighted by atomic mass is 16.2. The predicted molar refractivity (Wildman–Crippen MR) is 503 cm³/mol. The molecule has 2 saturated heterocycles. The van der Waals surface area contributed by atoms with Gasteiger partial charge in [-0.05, 0) is 359 Å². The largest absolute Gasteiger partial charge is 0.339 e. The summed E-state index contributed by atoms with van der Waals surface area (Å²) in [6, 6.07) is 0. The van der Waals surface area contributed by atoms with E-state index in [4.69, 9.17) is 0 Å². The quantitative estimate of drug-likeness (QED) is 0.180. The van der Waals surface area contributed by atoms with E-state index in [0.717, 1.165) is 149 Å². The number of hydrogen-bond donors (Lipinski definition) is 0. The lowest BCUT2D eigenvalue weighted by molar-refractivity contribution is -0.252. The van der Waals surface area contributed by atoms with Gasteiger partial charge in [0.1, 0.15) is 0 Å². The first-order chi connectivity index (χ1) is 50.8. The van der Waals surface area contributed by atoms with Gasteiger partial charge in [-0.15, -0.1) is 0 Å². The highest BCUT2D eigenvalue weighted by molar-refractivity contribution is 5.85. The minimum absolute atomic E-state index is 0. The molecule has 0 aromatic heterocycles. The second kappa shape index (κ2) is 44.7. The maximum atomic E-state index is 12.6. The van der Waals surface area contributed by atoms with Crippen molar-refractivity contribution in [1.82, 2.24) is 4.90 Å². The Kier molecular flexibility index (Phi) is 44.5. The van der Waals surface area contributed by atoms with Crippen molar-refractivity contribution < 1.29 is 4.79 Å². The third-order valence-electron chi connectivity index (χ3n) is 37.5. The lowest BCUT2D eigenvalue weighted by Crippen LogP contribution is -2.67. The zero-order chi connectivity index (χ0) is 85.1. The van der Waals surface area contributed by atoms with Gasteiger partial charge in [-0.2, -0.15) is 0 Å². The molecule has 18 fully saturated rings. The first kappa shape index (κ1) is 109. The Hall–Kier alpha value is -0.530. The monoisotopic (exact) mass is 1540 g/mol. The number of rotatable bonds is 13. The van der Waals surface area contributed by atoms with E-state index in [1.54, 1.807) is 0 Å². The molecule has 2 nitrogen and oxygen atoms in total. The molecule has 18 rings (SSSR count). The van der Waals surface area contributed by atoms with Crippen molar-refractivity contribution in [2.45, 2.75) is 523 Å². The molecule has 2 aliphatic heterocycles. The molecule has 14 bridgehead atoms. The molecule has 16 saturated carbocycles. The molecule has 660 valence electrons. The number of amides is 1. The van der Waals surface area contributed by atoms with Crippen LogP contribution < -0.4 is 0 Å². The summed E-state index contributed by atoms with van der Waals surface area (Å²) in [7, 11) is 2.03. The minimum atomic E-state index is -0.0363. The summed E-state index contributed by atoms with van der Waals surface area (Å²) < 4.78 is 0. The van der Waals surface area contributed by atoms with Gasteiger partial charge in [0.15, 0.2) is 0 Å². The number of nitrogens with zero attached hydrogens (tertiary/aromatic N) is 1. The van der Waals surface area contributed by atoms with Crippen molar-refractivity contribution in [3.05, 3.63) is 0 Å². The van der Waals surface area contributed by atoms with Gasteiger partial charge in [0.05, 0.1) is 5.41 Å². The van der Waals surface area contributed by atoms with E-state index >= 15 is 0 Å². The van der Waals surface area contributed by atoms with E-state index in [1.165, 1.54) is 199 Å². The smallest absolute Gasteiger partial charge is 0.229 e. The molecule has 0 spiro atoms. The second-order valence-corrected chi connectivity index (χ2v) is 44.7. The fourth-order valence-electron chi connectivity index (χ4n) is 27.2. The van der Waals surface area contributed by atoms with Crippen molar-refractivity contribution in [1.29, 1.82) is 0 Å². The van der Waals surface area contributed by atoms with Crippen LogP contribution in [0.25, 0.3) is 0 Å². The van der Waals surface area contributed by atoms with Gasteiger partial charge in [0.25, 0.3) is 0 Å². The number of piperidine rings is 2. The lowest BCUT2D eigenvalue weighted by atomic mass is 9.30. The highest BCUT2D eigenvalue weighted by Gasteiger charge is 2.69. The Balaban J connectivity index is 0.00000123. The van der Waals surface area contributed by atoms with Crippen molar-refractivity contribution in [2.75, 3.05) is 7.05 Å². The fourth-order valence-corrected chi connectivity index (χ4v) is 27.2. The van der Waals surface area contributed by atoms with E-state index < -0.39 is 0 Å². The van der Waals surface area contributed by atoms with Crippen LogP contribution in [0.5, 0.6) is 0 Å². The van der Waals surface area contributed by atoms with Crippen LogP contribution in [0.3, 0.4) is 0 Å². The molecular formula is C108H217NO. The summed E-state index contributed by atoms with van der Waals surface area (Å²) in [5.74, 6) is 13.6. The lowest BCUT2D eigenvalue weighted by Gasteiger charge is -2.75. The minimum Gasteiger partial charge on any atom is -0.339 e. The van der Waals surface area contributed by atoms with Gasteiger partial charge in [-0.1, -0.05) is 312 Å².